The van der Waals surface area contributed by atoms with Gasteiger partial charge >= 0.3 is 11.9 Å². The predicted molar refractivity (Wildman–Crippen MR) is 58.0 cm³/mol. The molecule has 0 saturated carbocycles. The Hall–Kier alpha value is -1.59. The second-order valence-corrected chi connectivity index (χ2v) is 4.01. The minimum absolute atomic E-state index is 0.0791. The molecule has 6 heteroatoms. The van der Waals surface area contributed by atoms with Crippen molar-refractivity contribution in [2.24, 2.45) is 0 Å². The highest BCUT2D eigenvalue weighted by Crippen LogP contribution is 2.23. The number of hydrogen-bond donors (Lipinski definition) is 0. The van der Waals surface area contributed by atoms with Crippen LogP contribution in [-0.2, 0) is 23.9 Å². The normalized spacial score (nSPS) is 21.2. The molecule has 0 N–H and O–H groups in total. The molecule has 2 unspecified atom stereocenters. The summed E-state index contributed by atoms with van der Waals surface area (Å²) in [5.74, 6) is -0.967. The Kier molecular flexibility index (Phi) is 4.48. The fourth-order valence-corrected chi connectivity index (χ4v) is 2.05. The average molecular weight is 243 g/mol. The van der Waals surface area contributed by atoms with Crippen LogP contribution in [0, 0.1) is 0 Å². The molecule has 0 aromatic rings. The van der Waals surface area contributed by atoms with E-state index in [1.807, 2.05) is 0 Å². The summed E-state index contributed by atoms with van der Waals surface area (Å²) in [5.41, 5.74) is 0. The van der Waals surface area contributed by atoms with Crippen LogP contribution in [-0.4, -0.2) is 49.0 Å². The lowest BCUT2D eigenvalue weighted by Gasteiger charge is -2.28. The van der Waals surface area contributed by atoms with Crippen LogP contribution >= 0.6 is 0 Å². The van der Waals surface area contributed by atoms with Gasteiger partial charge in [-0.2, -0.15) is 0 Å². The van der Waals surface area contributed by atoms with Crippen LogP contribution in [0.3, 0.4) is 0 Å². The van der Waals surface area contributed by atoms with Crippen molar-refractivity contribution in [3.05, 3.63) is 0 Å². The van der Waals surface area contributed by atoms with Gasteiger partial charge in [0.2, 0.25) is 5.91 Å². The van der Waals surface area contributed by atoms with E-state index in [0.717, 1.165) is 0 Å². The van der Waals surface area contributed by atoms with E-state index in [1.165, 1.54) is 19.1 Å². The molecule has 96 valence electrons. The molecule has 0 aliphatic carbocycles. The van der Waals surface area contributed by atoms with Gasteiger partial charge in [-0.25, -0.2) is 4.79 Å². The molecule has 1 amide bonds. The number of carbonyl (C=O) groups is 3. The topological polar surface area (TPSA) is 72.9 Å². The quantitative estimate of drug-likeness (QED) is 0.655. The van der Waals surface area contributed by atoms with Crippen molar-refractivity contribution in [3.63, 3.8) is 0 Å². The highest BCUT2D eigenvalue weighted by molar-refractivity contribution is 5.88. The first kappa shape index (κ1) is 13.5. The molecule has 1 heterocycles. The van der Waals surface area contributed by atoms with Crippen LogP contribution in [0.5, 0.6) is 0 Å². The third kappa shape index (κ3) is 2.95. The third-order valence-electron chi connectivity index (χ3n) is 2.89. The largest absolute Gasteiger partial charge is 0.469 e. The van der Waals surface area contributed by atoms with E-state index in [-0.39, 0.29) is 18.4 Å². The van der Waals surface area contributed by atoms with Crippen molar-refractivity contribution in [2.45, 2.75) is 38.3 Å². The molecule has 0 aromatic heterocycles. The van der Waals surface area contributed by atoms with Gasteiger partial charge in [0.1, 0.15) is 6.04 Å². The molecule has 0 aromatic carbocycles. The maximum atomic E-state index is 11.7. The summed E-state index contributed by atoms with van der Waals surface area (Å²) in [6.07, 6.45) is 0.831. The van der Waals surface area contributed by atoms with Gasteiger partial charge < -0.3 is 14.4 Å². The number of ether oxygens (including phenoxy) is 2. The second kappa shape index (κ2) is 5.65. The lowest BCUT2D eigenvalue weighted by Crippen LogP contribution is -2.45. The third-order valence-corrected chi connectivity index (χ3v) is 2.89. The maximum absolute atomic E-state index is 11.7. The smallest absolute Gasteiger partial charge is 0.328 e. The summed E-state index contributed by atoms with van der Waals surface area (Å²) >= 11 is 0. The Balaban J connectivity index is 2.73. The first-order valence-corrected chi connectivity index (χ1v) is 5.47. The minimum Gasteiger partial charge on any atom is -0.469 e. The Morgan fingerprint density at radius 1 is 1.41 bits per heavy atom. The van der Waals surface area contributed by atoms with Crippen molar-refractivity contribution >= 4 is 17.8 Å². The van der Waals surface area contributed by atoms with E-state index >= 15 is 0 Å². The van der Waals surface area contributed by atoms with E-state index < -0.39 is 18.0 Å². The van der Waals surface area contributed by atoms with E-state index in [1.54, 1.807) is 6.92 Å². The second-order valence-electron chi connectivity index (χ2n) is 4.01. The maximum Gasteiger partial charge on any atom is 0.328 e. The van der Waals surface area contributed by atoms with Crippen molar-refractivity contribution in [1.82, 2.24) is 4.90 Å². The number of methoxy groups -OCH3 is 2. The standard InChI is InChI=1S/C11H17NO5/c1-7(6-10(14)16-2)12-8(11(15)17-3)4-5-9(12)13/h7-8H,4-6H2,1-3H3. The van der Waals surface area contributed by atoms with E-state index in [4.69, 9.17) is 0 Å². The molecule has 1 fully saturated rings. The van der Waals surface area contributed by atoms with Crippen LogP contribution in [0.25, 0.3) is 0 Å². The summed E-state index contributed by atoms with van der Waals surface area (Å²) in [5, 5.41) is 0. The predicted octanol–water partition coefficient (Wildman–Crippen LogP) is 0.102. The molecule has 1 aliphatic heterocycles. The Morgan fingerprint density at radius 2 is 2.06 bits per heavy atom. The van der Waals surface area contributed by atoms with Crippen LogP contribution in [0.1, 0.15) is 26.2 Å². The molecule has 0 radical (unpaired) electrons. The van der Waals surface area contributed by atoms with Crippen molar-refractivity contribution in [3.8, 4) is 0 Å². The first-order chi connectivity index (χ1) is 8.01. The molecule has 2 atom stereocenters. The van der Waals surface area contributed by atoms with Gasteiger partial charge in [-0.05, 0) is 13.3 Å². The molecule has 0 bridgehead atoms. The highest BCUT2D eigenvalue weighted by Gasteiger charge is 2.40. The zero-order chi connectivity index (χ0) is 13.0. The van der Waals surface area contributed by atoms with Crippen LogP contribution < -0.4 is 0 Å². The number of nitrogens with zero attached hydrogens (tertiary/aromatic N) is 1. The van der Waals surface area contributed by atoms with Crippen LogP contribution in [0.2, 0.25) is 0 Å². The van der Waals surface area contributed by atoms with Crippen LogP contribution in [0.4, 0.5) is 0 Å². The number of amides is 1. The number of likely N-dealkylation sites (tertiary alicyclic amines) is 1. The molecular formula is C11H17NO5. The fraction of sp³-hybridized carbons (Fsp3) is 0.727. The molecule has 0 spiro atoms. The molecule has 1 aliphatic rings. The zero-order valence-electron chi connectivity index (χ0n) is 10.3. The number of carbonyl (C=O) groups excluding carboxylic acids is 3. The average Bonchev–Trinajstić information content (AvgIpc) is 2.69. The van der Waals surface area contributed by atoms with Crippen molar-refractivity contribution in [2.75, 3.05) is 14.2 Å². The molecule has 1 rings (SSSR count). The molecule has 17 heavy (non-hydrogen) atoms. The van der Waals surface area contributed by atoms with Gasteiger partial charge in [0.05, 0.1) is 20.6 Å². The number of hydrogen-bond acceptors (Lipinski definition) is 5. The van der Waals surface area contributed by atoms with Gasteiger partial charge in [-0.3, -0.25) is 9.59 Å². The SMILES string of the molecule is COC(=O)CC(C)N1C(=O)CCC1C(=O)OC. The van der Waals surface area contributed by atoms with Crippen molar-refractivity contribution in [1.29, 1.82) is 0 Å². The summed E-state index contributed by atoms with van der Waals surface area (Å²) in [4.78, 5) is 35.8. The summed E-state index contributed by atoms with van der Waals surface area (Å²) in [6, 6.07) is -0.936. The highest BCUT2D eigenvalue weighted by atomic mass is 16.5. The summed E-state index contributed by atoms with van der Waals surface area (Å²) in [6.45, 7) is 1.72. The van der Waals surface area contributed by atoms with Gasteiger partial charge in [0.25, 0.3) is 0 Å². The Morgan fingerprint density at radius 3 is 2.59 bits per heavy atom. The molecular weight excluding hydrogens is 226 g/mol. The number of esters is 2. The number of rotatable bonds is 4. The Bertz CT molecular complexity index is 328. The molecule has 6 nitrogen and oxygen atoms in total. The van der Waals surface area contributed by atoms with E-state index in [9.17, 15) is 14.4 Å². The van der Waals surface area contributed by atoms with Crippen molar-refractivity contribution < 1.29 is 23.9 Å². The molecule has 1 saturated heterocycles. The monoisotopic (exact) mass is 243 g/mol. The lowest BCUT2D eigenvalue weighted by molar-refractivity contribution is -0.152. The Labute approximate surface area is 99.9 Å². The minimum atomic E-state index is -0.577. The lowest BCUT2D eigenvalue weighted by atomic mass is 10.1. The van der Waals surface area contributed by atoms with Gasteiger partial charge in [0.15, 0.2) is 0 Å². The first-order valence-electron chi connectivity index (χ1n) is 5.47. The fourth-order valence-electron chi connectivity index (χ4n) is 2.05. The zero-order valence-corrected chi connectivity index (χ0v) is 10.3. The van der Waals surface area contributed by atoms with E-state index in [0.29, 0.717) is 12.8 Å². The summed E-state index contributed by atoms with van der Waals surface area (Å²) < 4.78 is 9.19. The van der Waals surface area contributed by atoms with Crippen LogP contribution in [0.15, 0.2) is 0 Å². The summed E-state index contributed by atoms with van der Waals surface area (Å²) in [7, 11) is 2.58. The van der Waals surface area contributed by atoms with Gasteiger partial charge in [0, 0.05) is 12.5 Å². The van der Waals surface area contributed by atoms with E-state index in [2.05, 4.69) is 9.47 Å². The van der Waals surface area contributed by atoms with Gasteiger partial charge in [-0.1, -0.05) is 0 Å². The van der Waals surface area contributed by atoms with Gasteiger partial charge in [-0.15, -0.1) is 0 Å².